The number of hydrogen-bond donors (Lipinski definition) is 0. The molecule has 0 spiro atoms. The van der Waals surface area contributed by atoms with Crippen molar-refractivity contribution in [3.8, 4) is 0 Å². The van der Waals surface area contributed by atoms with Gasteiger partial charge >= 0.3 is 0 Å². The first-order valence-corrected chi connectivity index (χ1v) is 8.85. The molecule has 1 aliphatic heterocycles. The number of aromatic nitrogens is 1. The van der Waals surface area contributed by atoms with Gasteiger partial charge in [-0.25, -0.2) is 8.42 Å². The predicted octanol–water partition coefficient (Wildman–Crippen LogP) is 2.25. The van der Waals surface area contributed by atoms with Gasteiger partial charge in [-0.3, -0.25) is 9.88 Å². The Morgan fingerprint density at radius 3 is 2.84 bits per heavy atom. The lowest BCUT2D eigenvalue weighted by atomic mass is 10.2. The lowest BCUT2D eigenvalue weighted by molar-refractivity contribution is 0.316. The van der Waals surface area contributed by atoms with E-state index in [2.05, 4.69) is 9.88 Å². The molecule has 2 rings (SSSR count). The highest BCUT2D eigenvalue weighted by Crippen LogP contribution is 2.23. The molecule has 0 bridgehead atoms. The van der Waals surface area contributed by atoms with Crippen LogP contribution in [-0.2, 0) is 16.4 Å². The van der Waals surface area contributed by atoms with Gasteiger partial charge < -0.3 is 0 Å². The zero-order valence-electron chi connectivity index (χ0n) is 10.6. The molecule has 106 valence electrons. The van der Waals surface area contributed by atoms with E-state index in [0.29, 0.717) is 16.6 Å². The van der Waals surface area contributed by atoms with Gasteiger partial charge in [-0.05, 0) is 24.9 Å². The number of nitrogens with zero attached hydrogens (tertiary/aromatic N) is 2. The van der Waals surface area contributed by atoms with Crippen LogP contribution in [0.4, 0.5) is 0 Å². The highest BCUT2D eigenvalue weighted by Gasteiger charge is 2.26. The second kappa shape index (κ2) is 5.95. The first-order valence-electron chi connectivity index (χ1n) is 6.03. The fourth-order valence-electron chi connectivity index (χ4n) is 2.39. The van der Waals surface area contributed by atoms with Crippen LogP contribution < -0.4 is 0 Å². The summed E-state index contributed by atoms with van der Waals surface area (Å²) in [6.07, 6.45) is 3.76. The maximum absolute atomic E-state index is 11.3. The van der Waals surface area contributed by atoms with Crippen molar-refractivity contribution in [3.63, 3.8) is 0 Å². The van der Waals surface area contributed by atoms with Crippen LogP contribution in [0.25, 0.3) is 0 Å². The number of hydrogen-bond acceptors (Lipinski definition) is 4. The standard InChI is InChI=1S/C12H16Cl2N2O2S/c1-19(17,18)8-9-2-3-16(6-9)7-12-11(14)4-10(13)5-15-12/h4-5,9H,2-3,6-8H2,1H3. The van der Waals surface area contributed by atoms with Crippen LogP contribution in [0.3, 0.4) is 0 Å². The Morgan fingerprint density at radius 2 is 2.21 bits per heavy atom. The van der Waals surface area contributed by atoms with Crippen molar-refractivity contribution >= 4 is 33.0 Å². The first kappa shape index (κ1) is 15.0. The molecule has 0 aliphatic carbocycles. The van der Waals surface area contributed by atoms with Crippen LogP contribution in [0.2, 0.25) is 10.0 Å². The van der Waals surface area contributed by atoms with Gasteiger partial charge in [0.2, 0.25) is 0 Å². The minimum atomic E-state index is -2.90. The van der Waals surface area contributed by atoms with Crippen LogP contribution in [0.15, 0.2) is 12.3 Å². The molecule has 0 saturated carbocycles. The molecule has 0 aromatic carbocycles. The molecule has 19 heavy (non-hydrogen) atoms. The lowest BCUT2D eigenvalue weighted by Gasteiger charge is -2.16. The maximum atomic E-state index is 11.3. The van der Waals surface area contributed by atoms with Gasteiger partial charge in [-0.15, -0.1) is 0 Å². The van der Waals surface area contributed by atoms with Gasteiger partial charge in [0.1, 0.15) is 9.84 Å². The van der Waals surface area contributed by atoms with Gasteiger partial charge in [0.25, 0.3) is 0 Å². The molecule has 1 aromatic rings. The summed E-state index contributed by atoms with van der Waals surface area (Å²) < 4.78 is 22.6. The van der Waals surface area contributed by atoms with Crippen LogP contribution in [0.1, 0.15) is 12.1 Å². The van der Waals surface area contributed by atoms with Crippen molar-refractivity contribution in [1.29, 1.82) is 0 Å². The second-order valence-electron chi connectivity index (χ2n) is 5.06. The van der Waals surface area contributed by atoms with E-state index in [1.807, 2.05) is 0 Å². The third-order valence-corrected chi connectivity index (χ3v) is 4.78. The largest absolute Gasteiger partial charge is 0.297 e. The average molecular weight is 323 g/mol. The van der Waals surface area contributed by atoms with Crippen molar-refractivity contribution in [2.24, 2.45) is 5.92 Å². The van der Waals surface area contributed by atoms with Crippen molar-refractivity contribution in [2.45, 2.75) is 13.0 Å². The van der Waals surface area contributed by atoms with E-state index in [4.69, 9.17) is 23.2 Å². The van der Waals surface area contributed by atoms with E-state index in [-0.39, 0.29) is 11.7 Å². The summed E-state index contributed by atoms with van der Waals surface area (Å²) in [7, 11) is -2.90. The SMILES string of the molecule is CS(=O)(=O)CC1CCN(Cc2ncc(Cl)cc2Cl)C1. The topological polar surface area (TPSA) is 50.3 Å². The minimum absolute atomic E-state index is 0.209. The molecule has 1 aliphatic rings. The van der Waals surface area contributed by atoms with Crippen molar-refractivity contribution in [2.75, 3.05) is 25.1 Å². The Labute approximate surface area is 123 Å². The van der Waals surface area contributed by atoms with Crippen molar-refractivity contribution in [1.82, 2.24) is 9.88 Å². The fraction of sp³-hybridized carbons (Fsp3) is 0.583. The highest BCUT2D eigenvalue weighted by atomic mass is 35.5. The summed E-state index contributed by atoms with van der Waals surface area (Å²) in [5.74, 6) is 0.465. The summed E-state index contributed by atoms with van der Waals surface area (Å²) in [5, 5.41) is 1.07. The summed E-state index contributed by atoms with van der Waals surface area (Å²) >= 11 is 11.9. The molecule has 1 aromatic heterocycles. The van der Waals surface area contributed by atoms with E-state index in [1.54, 1.807) is 12.3 Å². The molecule has 1 unspecified atom stereocenters. The van der Waals surface area contributed by atoms with E-state index in [0.717, 1.165) is 25.2 Å². The molecular formula is C12H16Cl2N2O2S. The predicted molar refractivity (Wildman–Crippen MR) is 77.4 cm³/mol. The molecular weight excluding hydrogens is 307 g/mol. The molecule has 7 heteroatoms. The Kier molecular flexibility index (Phi) is 4.71. The molecule has 0 radical (unpaired) electrons. The Bertz CT molecular complexity index is 563. The smallest absolute Gasteiger partial charge is 0.147 e. The summed E-state index contributed by atoms with van der Waals surface area (Å²) in [6.45, 7) is 2.28. The molecule has 0 amide bonds. The van der Waals surface area contributed by atoms with Gasteiger partial charge in [0.05, 0.1) is 21.5 Å². The Hall–Kier alpha value is -0.360. The number of halogens is 2. The normalized spacial score (nSPS) is 20.9. The van der Waals surface area contributed by atoms with E-state index in [9.17, 15) is 8.42 Å². The lowest BCUT2D eigenvalue weighted by Crippen LogP contribution is -2.23. The maximum Gasteiger partial charge on any atom is 0.147 e. The van der Waals surface area contributed by atoms with Gasteiger partial charge in [-0.2, -0.15) is 0 Å². The van der Waals surface area contributed by atoms with E-state index in [1.165, 1.54) is 6.26 Å². The molecule has 1 saturated heterocycles. The summed E-state index contributed by atoms with van der Waals surface area (Å²) in [5.41, 5.74) is 0.783. The summed E-state index contributed by atoms with van der Waals surface area (Å²) in [6, 6.07) is 1.68. The summed E-state index contributed by atoms with van der Waals surface area (Å²) in [4.78, 5) is 6.40. The zero-order valence-corrected chi connectivity index (χ0v) is 13.0. The molecule has 1 atom stereocenters. The number of pyridine rings is 1. The highest BCUT2D eigenvalue weighted by molar-refractivity contribution is 7.90. The molecule has 1 fully saturated rings. The molecule has 0 N–H and O–H groups in total. The number of likely N-dealkylation sites (tertiary alicyclic amines) is 1. The number of sulfone groups is 1. The van der Waals surface area contributed by atoms with Gasteiger partial charge in [0.15, 0.2) is 0 Å². The van der Waals surface area contributed by atoms with E-state index < -0.39 is 9.84 Å². The molecule has 4 nitrogen and oxygen atoms in total. The van der Waals surface area contributed by atoms with Crippen LogP contribution >= 0.6 is 23.2 Å². The quantitative estimate of drug-likeness (QED) is 0.853. The van der Waals surface area contributed by atoms with E-state index >= 15 is 0 Å². The van der Waals surface area contributed by atoms with Crippen molar-refractivity contribution < 1.29 is 8.42 Å². The van der Waals surface area contributed by atoms with Crippen LogP contribution in [-0.4, -0.2) is 43.4 Å². The van der Waals surface area contributed by atoms with Crippen LogP contribution in [0, 0.1) is 5.92 Å². The molecule has 2 heterocycles. The van der Waals surface area contributed by atoms with Crippen LogP contribution in [0.5, 0.6) is 0 Å². The first-order chi connectivity index (χ1) is 8.83. The second-order valence-corrected chi connectivity index (χ2v) is 8.09. The third-order valence-electron chi connectivity index (χ3n) is 3.17. The fourth-order valence-corrected chi connectivity index (χ4v) is 3.96. The van der Waals surface area contributed by atoms with Crippen molar-refractivity contribution in [3.05, 3.63) is 28.0 Å². The van der Waals surface area contributed by atoms with Gasteiger partial charge in [-0.1, -0.05) is 23.2 Å². The third kappa shape index (κ3) is 4.60. The monoisotopic (exact) mass is 322 g/mol. The minimum Gasteiger partial charge on any atom is -0.297 e. The average Bonchev–Trinajstić information content (AvgIpc) is 2.67. The Balaban J connectivity index is 1.95. The van der Waals surface area contributed by atoms with Gasteiger partial charge in [0, 0.05) is 25.5 Å². The Morgan fingerprint density at radius 1 is 1.47 bits per heavy atom. The zero-order chi connectivity index (χ0) is 14.0. The number of rotatable bonds is 4.